The predicted molar refractivity (Wildman–Crippen MR) is 76.8 cm³/mol. The summed E-state index contributed by atoms with van der Waals surface area (Å²) in [5.41, 5.74) is -0.355. The van der Waals surface area contributed by atoms with Crippen LogP contribution in [0, 0.1) is 5.82 Å². The Morgan fingerprint density at radius 1 is 1.50 bits per heavy atom. The summed E-state index contributed by atoms with van der Waals surface area (Å²) in [6.45, 7) is 4.34. The molecule has 0 aromatic carbocycles. The maximum absolute atomic E-state index is 14.3. The van der Waals surface area contributed by atoms with Crippen LogP contribution in [0.4, 0.5) is 10.2 Å². The minimum absolute atomic E-state index is 0.00291. The van der Waals surface area contributed by atoms with Gasteiger partial charge in [-0.05, 0) is 31.4 Å². The molecule has 2 aromatic heterocycles. The highest BCUT2D eigenvalue weighted by Crippen LogP contribution is 2.24. The number of hydrogen-bond donors (Lipinski definition) is 1. The van der Waals surface area contributed by atoms with Crippen LogP contribution in [-0.2, 0) is 6.54 Å². The lowest BCUT2D eigenvalue weighted by Crippen LogP contribution is -2.32. The molecule has 0 saturated carbocycles. The molecule has 6 heteroatoms. The molecule has 4 nitrogen and oxygen atoms in total. The Morgan fingerprint density at radius 2 is 2.25 bits per heavy atom. The maximum atomic E-state index is 14.3. The number of nitrogens with zero attached hydrogens (tertiary/aromatic N) is 2. The smallest absolute Gasteiger partial charge is 0.338 e. The fraction of sp³-hybridized carbons (Fsp3) is 0.286. The first-order valence-electron chi connectivity index (χ1n) is 6.17. The molecule has 20 heavy (non-hydrogen) atoms. The molecule has 0 aliphatic heterocycles. The molecule has 0 aliphatic rings. The minimum atomic E-state index is -1.29. The third-order valence-corrected chi connectivity index (χ3v) is 3.76. The number of carbonyl (C=O) groups is 1. The Hall–Kier alpha value is -1.95. The van der Waals surface area contributed by atoms with Crippen molar-refractivity contribution in [3.63, 3.8) is 0 Å². The van der Waals surface area contributed by atoms with Crippen LogP contribution in [0.1, 0.15) is 29.1 Å². The zero-order valence-electron chi connectivity index (χ0n) is 11.2. The third kappa shape index (κ3) is 2.96. The zero-order valence-corrected chi connectivity index (χ0v) is 12.0. The Kier molecular flexibility index (Phi) is 4.34. The number of rotatable bonds is 5. The predicted octanol–water partition coefficient (Wildman–Crippen LogP) is 3.40. The van der Waals surface area contributed by atoms with Gasteiger partial charge >= 0.3 is 5.97 Å². The number of carboxylic acid groups (broad SMARTS) is 1. The largest absolute Gasteiger partial charge is 0.478 e. The standard InChI is InChI=1S/C14H15FN2O2S/c1-9(2)17(8-10-4-3-7-20-10)13-12(15)11(14(18)19)5-6-16-13/h3-7,9H,8H2,1-2H3,(H,18,19). The second-order valence-electron chi connectivity index (χ2n) is 4.60. The van der Waals surface area contributed by atoms with E-state index in [1.807, 2.05) is 31.4 Å². The lowest BCUT2D eigenvalue weighted by atomic mass is 10.2. The Balaban J connectivity index is 2.39. The van der Waals surface area contributed by atoms with Crippen LogP contribution in [-0.4, -0.2) is 22.1 Å². The molecule has 0 bridgehead atoms. The second-order valence-corrected chi connectivity index (χ2v) is 5.63. The Morgan fingerprint density at radius 3 is 2.80 bits per heavy atom. The lowest BCUT2D eigenvalue weighted by molar-refractivity contribution is 0.0691. The molecule has 0 saturated heterocycles. The highest BCUT2D eigenvalue weighted by Gasteiger charge is 2.22. The van der Waals surface area contributed by atoms with Crippen molar-refractivity contribution in [3.8, 4) is 0 Å². The van der Waals surface area contributed by atoms with Gasteiger partial charge in [-0.2, -0.15) is 0 Å². The van der Waals surface area contributed by atoms with Crippen molar-refractivity contribution < 1.29 is 14.3 Å². The molecule has 0 aliphatic carbocycles. The van der Waals surface area contributed by atoms with Crippen molar-refractivity contribution in [2.45, 2.75) is 26.4 Å². The van der Waals surface area contributed by atoms with E-state index in [1.165, 1.54) is 12.3 Å². The van der Waals surface area contributed by atoms with Crippen LogP contribution in [0.3, 0.4) is 0 Å². The summed E-state index contributed by atoms with van der Waals surface area (Å²) in [6, 6.07) is 5.06. The van der Waals surface area contributed by atoms with Gasteiger partial charge in [0, 0.05) is 17.1 Å². The quantitative estimate of drug-likeness (QED) is 0.918. The monoisotopic (exact) mass is 294 g/mol. The molecule has 0 spiro atoms. The van der Waals surface area contributed by atoms with Crippen molar-refractivity contribution in [3.05, 3.63) is 46.0 Å². The van der Waals surface area contributed by atoms with E-state index in [2.05, 4.69) is 4.98 Å². The molecule has 106 valence electrons. The van der Waals surface area contributed by atoms with Gasteiger partial charge in [0.15, 0.2) is 11.6 Å². The fourth-order valence-electron chi connectivity index (χ4n) is 1.87. The van der Waals surface area contributed by atoms with Gasteiger partial charge in [0.2, 0.25) is 0 Å². The molecular weight excluding hydrogens is 279 g/mol. The summed E-state index contributed by atoms with van der Waals surface area (Å²) in [7, 11) is 0. The van der Waals surface area contributed by atoms with Crippen molar-refractivity contribution >= 4 is 23.1 Å². The number of aromatic nitrogens is 1. The van der Waals surface area contributed by atoms with Gasteiger partial charge in [-0.1, -0.05) is 6.07 Å². The van der Waals surface area contributed by atoms with Crippen molar-refractivity contribution in [2.75, 3.05) is 4.90 Å². The van der Waals surface area contributed by atoms with Crippen molar-refractivity contribution in [1.82, 2.24) is 4.98 Å². The molecule has 0 atom stereocenters. The van der Waals surface area contributed by atoms with Crippen molar-refractivity contribution in [2.24, 2.45) is 0 Å². The third-order valence-electron chi connectivity index (χ3n) is 2.90. The molecular formula is C14H15FN2O2S. The molecule has 1 N–H and O–H groups in total. The first-order valence-corrected chi connectivity index (χ1v) is 7.05. The molecule has 2 heterocycles. The van der Waals surface area contributed by atoms with E-state index < -0.39 is 11.8 Å². The maximum Gasteiger partial charge on any atom is 0.338 e. The van der Waals surface area contributed by atoms with E-state index in [0.717, 1.165) is 4.88 Å². The summed E-state index contributed by atoms with van der Waals surface area (Å²) in [6.07, 6.45) is 1.33. The number of pyridine rings is 1. The Labute approximate surface area is 120 Å². The SMILES string of the molecule is CC(C)N(Cc1cccs1)c1nccc(C(=O)O)c1F. The van der Waals surface area contributed by atoms with Gasteiger partial charge in [0.1, 0.15) is 5.56 Å². The molecule has 0 radical (unpaired) electrons. The average molecular weight is 294 g/mol. The van der Waals surface area contributed by atoms with Gasteiger partial charge in [-0.3, -0.25) is 0 Å². The van der Waals surface area contributed by atoms with Crippen LogP contribution in [0.2, 0.25) is 0 Å². The summed E-state index contributed by atoms with van der Waals surface area (Å²) in [5, 5.41) is 10.9. The van der Waals surface area contributed by atoms with Crippen LogP contribution < -0.4 is 4.90 Å². The topological polar surface area (TPSA) is 53.4 Å². The van der Waals surface area contributed by atoms with Gasteiger partial charge < -0.3 is 10.0 Å². The van der Waals surface area contributed by atoms with Gasteiger partial charge in [-0.25, -0.2) is 14.2 Å². The van der Waals surface area contributed by atoms with Crippen LogP contribution >= 0.6 is 11.3 Å². The summed E-state index contributed by atoms with van der Waals surface area (Å²) >= 11 is 1.57. The second kappa shape index (κ2) is 6.00. The van der Waals surface area contributed by atoms with E-state index in [4.69, 9.17) is 5.11 Å². The first kappa shape index (κ1) is 14.5. The number of anilines is 1. The number of carboxylic acids is 1. The number of hydrogen-bond acceptors (Lipinski definition) is 4. The van der Waals surface area contributed by atoms with Crippen LogP contribution in [0.15, 0.2) is 29.8 Å². The van der Waals surface area contributed by atoms with Crippen LogP contribution in [0.5, 0.6) is 0 Å². The highest BCUT2D eigenvalue weighted by molar-refractivity contribution is 7.09. The number of thiophene rings is 1. The number of aromatic carboxylic acids is 1. The van der Waals surface area contributed by atoms with E-state index in [-0.39, 0.29) is 17.4 Å². The fourth-order valence-corrected chi connectivity index (χ4v) is 2.57. The lowest BCUT2D eigenvalue weighted by Gasteiger charge is -2.27. The van der Waals surface area contributed by atoms with E-state index in [9.17, 15) is 9.18 Å². The average Bonchev–Trinajstić information content (AvgIpc) is 2.89. The van der Waals surface area contributed by atoms with E-state index >= 15 is 0 Å². The number of halogens is 1. The van der Waals surface area contributed by atoms with Gasteiger partial charge in [0.25, 0.3) is 0 Å². The molecule has 2 rings (SSSR count). The molecule has 0 amide bonds. The summed E-state index contributed by atoms with van der Waals surface area (Å²) < 4.78 is 14.3. The van der Waals surface area contributed by atoms with Crippen molar-refractivity contribution in [1.29, 1.82) is 0 Å². The van der Waals surface area contributed by atoms with Gasteiger partial charge in [-0.15, -0.1) is 11.3 Å². The normalized spacial score (nSPS) is 10.8. The van der Waals surface area contributed by atoms with E-state index in [0.29, 0.717) is 6.54 Å². The van der Waals surface area contributed by atoms with Gasteiger partial charge in [0.05, 0.1) is 6.54 Å². The molecule has 2 aromatic rings. The highest BCUT2D eigenvalue weighted by atomic mass is 32.1. The molecule has 0 unspecified atom stereocenters. The zero-order chi connectivity index (χ0) is 14.7. The Bertz CT molecular complexity index is 599. The summed E-state index contributed by atoms with van der Waals surface area (Å²) in [5.74, 6) is -2.00. The first-order chi connectivity index (χ1) is 9.50. The minimum Gasteiger partial charge on any atom is -0.478 e. The summed E-state index contributed by atoms with van der Waals surface area (Å²) in [4.78, 5) is 17.8. The molecule has 0 fully saturated rings. The van der Waals surface area contributed by atoms with E-state index in [1.54, 1.807) is 16.2 Å². The van der Waals surface area contributed by atoms with Crippen LogP contribution in [0.25, 0.3) is 0 Å².